The molecule has 21 heavy (non-hydrogen) atoms. The maximum atomic E-state index is 13.0. The van der Waals surface area contributed by atoms with Gasteiger partial charge in [-0.25, -0.2) is 0 Å². The summed E-state index contributed by atoms with van der Waals surface area (Å²) in [6, 6.07) is 4.08. The number of anilines is 1. The Morgan fingerprint density at radius 2 is 1.62 bits per heavy atom. The van der Waals surface area contributed by atoms with Gasteiger partial charge in [-0.15, -0.1) is 0 Å². The molecule has 1 aromatic rings. The third-order valence-corrected chi connectivity index (χ3v) is 4.02. The average Bonchev–Trinajstić information content (AvgIpc) is 2.36. The zero-order valence-corrected chi connectivity index (χ0v) is 12.6. The van der Waals surface area contributed by atoms with Crippen LogP contribution < -0.4 is 10.6 Å². The van der Waals surface area contributed by atoms with Crippen molar-refractivity contribution in [3.05, 3.63) is 29.3 Å². The summed E-state index contributed by atoms with van der Waals surface area (Å²) >= 11 is 4.79. The van der Waals surface area contributed by atoms with E-state index >= 15 is 0 Å². The summed E-state index contributed by atoms with van der Waals surface area (Å²) in [5.74, 6) is 0. The van der Waals surface area contributed by atoms with Crippen LogP contribution in [-0.4, -0.2) is 18.1 Å². The molecule has 0 atom stereocenters. The Bertz CT molecular complexity index is 506. The summed E-state index contributed by atoms with van der Waals surface area (Å²) in [7, 11) is 0. The third kappa shape index (κ3) is 4.09. The molecule has 0 bridgehead atoms. The van der Waals surface area contributed by atoms with Gasteiger partial charge in [-0.3, -0.25) is 0 Å². The van der Waals surface area contributed by atoms with E-state index in [2.05, 4.69) is 4.90 Å². The Balaban J connectivity index is 2.32. The van der Waals surface area contributed by atoms with Crippen molar-refractivity contribution in [2.24, 2.45) is 5.73 Å². The molecule has 0 aliphatic carbocycles. The van der Waals surface area contributed by atoms with Crippen LogP contribution in [0.25, 0.3) is 0 Å². The number of nitrogens with two attached hydrogens (primary N) is 1. The number of alkyl halides is 3. The Kier molecular flexibility index (Phi) is 5.08. The van der Waals surface area contributed by atoms with Crippen LogP contribution in [0.2, 0.25) is 0 Å². The molecule has 0 spiro atoms. The molecule has 0 saturated carbocycles. The molecule has 1 aliphatic rings. The molecule has 1 aromatic carbocycles. The van der Waals surface area contributed by atoms with E-state index in [9.17, 15) is 13.2 Å². The fourth-order valence-corrected chi connectivity index (χ4v) is 2.85. The quantitative estimate of drug-likeness (QED) is 0.833. The highest BCUT2D eigenvalue weighted by molar-refractivity contribution is 7.80. The Morgan fingerprint density at radius 1 is 1.05 bits per heavy atom. The normalized spacial score (nSPS) is 17.2. The summed E-state index contributed by atoms with van der Waals surface area (Å²) in [5.41, 5.74) is 5.40. The first-order valence-electron chi connectivity index (χ1n) is 7.15. The third-order valence-electron chi connectivity index (χ3n) is 3.80. The van der Waals surface area contributed by atoms with Crippen molar-refractivity contribution in [2.45, 2.75) is 38.3 Å². The van der Waals surface area contributed by atoms with Gasteiger partial charge in [0.25, 0.3) is 0 Å². The maximum Gasteiger partial charge on any atom is 0.417 e. The molecular weight excluding hydrogens is 297 g/mol. The van der Waals surface area contributed by atoms with Crippen molar-refractivity contribution in [3.63, 3.8) is 0 Å². The van der Waals surface area contributed by atoms with Crippen LogP contribution in [0.4, 0.5) is 18.9 Å². The molecule has 0 radical (unpaired) electrons. The van der Waals surface area contributed by atoms with Crippen LogP contribution in [0.5, 0.6) is 0 Å². The van der Waals surface area contributed by atoms with Crippen molar-refractivity contribution < 1.29 is 13.2 Å². The Hall–Kier alpha value is -1.30. The second-order valence-electron chi connectivity index (χ2n) is 5.35. The maximum absolute atomic E-state index is 13.0. The lowest BCUT2D eigenvalue weighted by Gasteiger charge is -2.28. The van der Waals surface area contributed by atoms with E-state index in [-0.39, 0.29) is 10.6 Å². The monoisotopic (exact) mass is 316 g/mol. The lowest BCUT2D eigenvalue weighted by Crippen LogP contribution is -2.28. The van der Waals surface area contributed by atoms with Crippen LogP contribution in [0.1, 0.15) is 43.2 Å². The van der Waals surface area contributed by atoms with Crippen LogP contribution in [0, 0.1) is 0 Å². The van der Waals surface area contributed by atoms with Gasteiger partial charge in [0, 0.05) is 24.3 Å². The summed E-state index contributed by atoms with van der Waals surface area (Å²) in [4.78, 5) is 1.91. The first-order valence-corrected chi connectivity index (χ1v) is 7.56. The van der Waals surface area contributed by atoms with Crippen LogP contribution in [0.15, 0.2) is 18.2 Å². The van der Waals surface area contributed by atoms with Gasteiger partial charge in [-0.2, -0.15) is 13.2 Å². The molecule has 1 fully saturated rings. The van der Waals surface area contributed by atoms with Crippen LogP contribution in [0.3, 0.4) is 0 Å². The minimum atomic E-state index is -4.44. The van der Waals surface area contributed by atoms with Gasteiger partial charge in [0.2, 0.25) is 0 Å². The number of hydrogen-bond donors (Lipinski definition) is 1. The predicted molar refractivity (Wildman–Crippen MR) is 82.6 cm³/mol. The van der Waals surface area contributed by atoms with Crippen molar-refractivity contribution in [2.75, 3.05) is 18.0 Å². The highest BCUT2D eigenvalue weighted by atomic mass is 32.1. The largest absolute Gasteiger partial charge is 0.417 e. The Labute approximate surface area is 128 Å². The zero-order chi connectivity index (χ0) is 15.5. The zero-order valence-electron chi connectivity index (χ0n) is 11.7. The Morgan fingerprint density at radius 3 is 2.14 bits per heavy atom. The SMILES string of the molecule is NC(=S)c1cc(N2CCCCCCC2)ccc1C(F)(F)F. The van der Waals surface area contributed by atoms with E-state index in [1.54, 1.807) is 0 Å². The van der Waals surface area contributed by atoms with Gasteiger partial charge in [0.05, 0.1) is 5.56 Å². The molecule has 0 unspecified atom stereocenters. The second-order valence-corrected chi connectivity index (χ2v) is 5.79. The lowest BCUT2D eigenvalue weighted by molar-refractivity contribution is -0.137. The molecule has 1 aliphatic heterocycles. The van der Waals surface area contributed by atoms with Crippen molar-refractivity contribution in [3.8, 4) is 0 Å². The van der Waals surface area contributed by atoms with E-state index in [1.165, 1.54) is 31.4 Å². The van der Waals surface area contributed by atoms with E-state index < -0.39 is 11.7 Å². The molecule has 0 amide bonds. The topological polar surface area (TPSA) is 29.3 Å². The molecule has 6 heteroatoms. The molecule has 2 N–H and O–H groups in total. The van der Waals surface area contributed by atoms with Crippen LogP contribution in [-0.2, 0) is 6.18 Å². The minimum Gasteiger partial charge on any atom is -0.389 e. The van der Waals surface area contributed by atoms with Crippen LogP contribution >= 0.6 is 12.2 Å². The van der Waals surface area contributed by atoms with Gasteiger partial charge in [-0.1, -0.05) is 31.5 Å². The van der Waals surface area contributed by atoms with Crippen molar-refractivity contribution in [1.29, 1.82) is 0 Å². The number of rotatable bonds is 2. The molecular formula is C15H19F3N2S. The van der Waals surface area contributed by atoms with E-state index in [4.69, 9.17) is 18.0 Å². The molecule has 2 rings (SSSR count). The average molecular weight is 316 g/mol. The highest BCUT2D eigenvalue weighted by Gasteiger charge is 2.34. The standard InChI is InChI=1S/C15H19F3N2S/c16-15(17,18)13-7-6-11(10-12(13)14(19)21)20-8-4-2-1-3-5-9-20/h6-7,10H,1-5,8-9H2,(H2,19,21). The first kappa shape index (κ1) is 16.1. The van der Waals surface area contributed by atoms with Gasteiger partial charge in [-0.05, 0) is 31.0 Å². The van der Waals surface area contributed by atoms with E-state index in [1.807, 2.05) is 0 Å². The molecule has 116 valence electrons. The van der Waals surface area contributed by atoms with Gasteiger partial charge < -0.3 is 10.6 Å². The summed E-state index contributed by atoms with van der Waals surface area (Å²) < 4.78 is 38.9. The summed E-state index contributed by atoms with van der Waals surface area (Å²) in [6.07, 6.45) is 1.25. The fraction of sp³-hybridized carbons (Fsp3) is 0.533. The predicted octanol–water partition coefficient (Wildman–Crippen LogP) is 4.11. The molecule has 2 nitrogen and oxygen atoms in total. The van der Waals surface area contributed by atoms with E-state index in [0.29, 0.717) is 0 Å². The first-order chi connectivity index (χ1) is 9.89. The van der Waals surface area contributed by atoms with Gasteiger partial charge in [0.15, 0.2) is 0 Å². The molecule has 1 saturated heterocycles. The molecule has 1 heterocycles. The summed E-state index contributed by atoms with van der Waals surface area (Å²) in [5, 5.41) is 0. The number of benzene rings is 1. The van der Waals surface area contributed by atoms with Crippen molar-refractivity contribution >= 4 is 22.9 Å². The fourth-order valence-electron chi connectivity index (χ4n) is 2.69. The minimum absolute atomic E-state index is 0.0861. The van der Waals surface area contributed by atoms with Gasteiger partial charge >= 0.3 is 6.18 Å². The van der Waals surface area contributed by atoms with E-state index in [0.717, 1.165) is 37.7 Å². The number of halogens is 3. The lowest BCUT2D eigenvalue weighted by atomic mass is 10.0. The number of thiocarbonyl (C=S) groups is 1. The molecule has 0 aromatic heterocycles. The smallest absolute Gasteiger partial charge is 0.389 e. The van der Waals surface area contributed by atoms with Crippen molar-refractivity contribution in [1.82, 2.24) is 0 Å². The number of hydrogen-bond acceptors (Lipinski definition) is 2. The second kappa shape index (κ2) is 6.64. The number of nitrogens with zero attached hydrogens (tertiary/aromatic N) is 1. The van der Waals surface area contributed by atoms with Gasteiger partial charge in [0.1, 0.15) is 4.99 Å². The summed E-state index contributed by atoms with van der Waals surface area (Å²) in [6.45, 7) is 1.73. The highest BCUT2D eigenvalue weighted by Crippen LogP contribution is 2.34.